The zero-order valence-corrected chi connectivity index (χ0v) is 8.57. The molecule has 12 heavy (non-hydrogen) atoms. The Bertz CT molecular complexity index is 297. The lowest BCUT2D eigenvalue weighted by Crippen LogP contribution is -1.78. The molecule has 0 aromatic heterocycles. The molecule has 0 bridgehead atoms. The molecule has 1 aromatic carbocycles. The van der Waals surface area contributed by atoms with Crippen LogP contribution in [0.1, 0.15) is 5.56 Å². The van der Waals surface area contributed by atoms with Gasteiger partial charge in [-0.3, -0.25) is 0 Å². The molecule has 0 radical (unpaired) electrons. The zero-order chi connectivity index (χ0) is 8.97. The van der Waals surface area contributed by atoms with E-state index in [-0.39, 0.29) is 5.82 Å². The first-order valence-corrected chi connectivity index (χ1v) is 4.74. The molecular weight excluding hydrogens is 242 g/mol. The van der Waals surface area contributed by atoms with E-state index in [1.807, 2.05) is 6.08 Å². The highest BCUT2D eigenvalue weighted by molar-refractivity contribution is 9.10. The van der Waals surface area contributed by atoms with Crippen molar-refractivity contribution in [2.45, 2.75) is 0 Å². The predicted octanol–water partition coefficient (Wildman–Crippen LogP) is 3.84. The maximum atomic E-state index is 12.7. The number of rotatable bonds is 2. The third-order valence-corrected chi connectivity index (χ3v) is 2.13. The Morgan fingerprint density at radius 3 is 2.83 bits per heavy atom. The summed E-state index contributed by atoms with van der Waals surface area (Å²) < 4.78 is 13.2. The van der Waals surface area contributed by atoms with Gasteiger partial charge in [-0.2, -0.15) is 0 Å². The van der Waals surface area contributed by atoms with Crippen LogP contribution in [0.4, 0.5) is 4.39 Å². The highest BCUT2D eigenvalue weighted by Crippen LogP contribution is 2.17. The molecule has 0 nitrogen and oxygen atoms in total. The average Bonchev–Trinajstić information content (AvgIpc) is 2.07. The SMILES string of the molecule is Fc1ccc(C=CCCl)cc1Br. The normalized spacial score (nSPS) is 10.9. The number of hydrogen-bond donors (Lipinski definition) is 0. The van der Waals surface area contributed by atoms with Gasteiger partial charge >= 0.3 is 0 Å². The summed E-state index contributed by atoms with van der Waals surface area (Å²) in [5.41, 5.74) is 0.934. The summed E-state index contributed by atoms with van der Waals surface area (Å²) in [5, 5.41) is 0. The Morgan fingerprint density at radius 1 is 1.50 bits per heavy atom. The van der Waals surface area contributed by atoms with E-state index in [4.69, 9.17) is 11.6 Å². The molecular formula is C9H7BrClF. The van der Waals surface area contributed by atoms with Gasteiger partial charge in [0.1, 0.15) is 5.82 Å². The van der Waals surface area contributed by atoms with Crippen molar-refractivity contribution >= 4 is 33.6 Å². The summed E-state index contributed by atoms with van der Waals surface area (Å²) in [4.78, 5) is 0. The summed E-state index contributed by atoms with van der Waals surface area (Å²) >= 11 is 8.55. The Balaban J connectivity index is 2.89. The van der Waals surface area contributed by atoms with Gasteiger partial charge in [0.2, 0.25) is 0 Å². The standard InChI is InChI=1S/C9H7BrClF/c10-8-6-7(2-1-5-11)3-4-9(8)12/h1-4,6H,5H2. The molecule has 0 saturated carbocycles. The van der Waals surface area contributed by atoms with E-state index < -0.39 is 0 Å². The molecule has 0 aliphatic heterocycles. The van der Waals surface area contributed by atoms with Crippen molar-refractivity contribution in [2.75, 3.05) is 5.88 Å². The van der Waals surface area contributed by atoms with Gasteiger partial charge in [0.05, 0.1) is 4.47 Å². The van der Waals surface area contributed by atoms with Crippen LogP contribution in [0, 0.1) is 5.82 Å². The Morgan fingerprint density at radius 2 is 2.25 bits per heavy atom. The smallest absolute Gasteiger partial charge is 0.137 e. The van der Waals surface area contributed by atoms with Crippen LogP contribution in [0.3, 0.4) is 0 Å². The monoisotopic (exact) mass is 248 g/mol. The van der Waals surface area contributed by atoms with Crippen molar-refractivity contribution in [1.82, 2.24) is 0 Å². The van der Waals surface area contributed by atoms with Gasteiger partial charge in [-0.15, -0.1) is 11.6 Å². The Hall–Kier alpha value is -0.340. The van der Waals surface area contributed by atoms with Crippen molar-refractivity contribution in [1.29, 1.82) is 0 Å². The maximum absolute atomic E-state index is 12.7. The van der Waals surface area contributed by atoms with Gasteiger partial charge in [0.25, 0.3) is 0 Å². The molecule has 0 saturated heterocycles. The van der Waals surface area contributed by atoms with Crippen LogP contribution >= 0.6 is 27.5 Å². The Labute approximate surface area is 84.2 Å². The fourth-order valence-electron chi connectivity index (χ4n) is 0.797. The fraction of sp³-hybridized carbons (Fsp3) is 0.111. The van der Waals surface area contributed by atoms with Crippen molar-refractivity contribution in [2.24, 2.45) is 0 Å². The van der Waals surface area contributed by atoms with E-state index in [9.17, 15) is 4.39 Å². The van der Waals surface area contributed by atoms with Crippen LogP contribution in [0.25, 0.3) is 6.08 Å². The van der Waals surface area contributed by atoms with E-state index in [0.29, 0.717) is 10.4 Å². The van der Waals surface area contributed by atoms with Crippen LogP contribution < -0.4 is 0 Å². The lowest BCUT2D eigenvalue weighted by Gasteiger charge is -1.95. The van der Waals surface area contributed by atoms with Crippen LogP contribution in [0.15, 0.2) is 28.7 Å². The third kappa shape index (κ3) is 2.61. The van der Waals surface area contributed by atoms with Crippen molar-refractivity contribution < 1.29 is 4.39 Å². The lowest BCUT2D eigenvalue weighted by atomic mass is 10.2. The molecule has 0 aliphatic carbocycles. The molecule has 64 valence electrons. The van der Waals surface area contributed by atoms with Crippen LogP contribution in [-0.4, -0.2) is 5.88 Å². The van der Waals surface area contributed by atoms with Crippen LogP contribution in [0.2, 0.25) is 0 Å². The first-order chi connectivity index (χ1) is 5.74. The van der Waals surface area contributed by atoms with Gasteiger partial charge in [-0.1, -0.05) is 18.2 Å². The second-order valence-corrected chi connectivity index (χ2v) is 3.39. The lowest BCUT2D eigenvalue weighted by molar-refractivity contribution is 0.621. The minimum atomic E-state index is -0.252. The molecule has 1 rings (SSSR count). The number of benzene rings is 1. The van der Waals surface area contributed by atoms with Crippen molar-refractivity contribution in [3.63, 3.8) is 0 Å². The number of allylic oxidation sites excluding steroid dienone is 1. The number of alkyl halides is 1. The molecule has 0 amide bonds. The first-order valence-electron chi connectivity index (χ1n) is 3.41. The fourth-order valence-corrected chi connectivity index (χ4v) is 1.28. The molecule has 0 fully saturated rings. The molecule has 0 N–H and O–H groups in total. The summed E-state index contributed by atoms with van der Waals surface area (Å²) in [6, 6.07) is 4.82. The first kappa shape index (κ1) is 9.75. The summed E-state index contributed by atoms with van der Waals surface area (Å²) in [5.74, 6) is 0.215. The highest BCUT2D eigenvalue weighted by Gasteiger charge is 1.96. The molecule has 0 unspecified atom stereocenters. The molecule has 0 atom stereocenters. The predicted molar refractivity (Wildman–Crippen MR) is 53.9 cm³/mol. The zero-order valence-electron chi connectivity index (χ0n) is 6.23. The second-order valence-electron chi connectivity index (χ2n) is 2.23. The summed E-state index contributed by atoms with van der Waals surface area (Å²) in [6.07, 6.45) is 3.65. The van der Waals surface area contributed by atoms with E-state index in [0.717, 1.165) is 5.56 Å². The largest absolute Gasteiger partial charge is 0.206 e. The average molecular weight is 250 g/mol. The topological polar surface area (TPSA) is 0 Å². The van der Waals surface area contributed by atoms with E-state index in [1.165, 1.54) is 6.07 Å². The van der Waals surface area contributed by atoms with Gasteiger partial charge in [0, 0.05) is 5.88 Å². The number of hydrogen-bond acceptors (Lipinski definition) is 0. The van der Waals surface area contributed by atoms with E-state index in [2.05, 4.69) is 15.9 Å². The Kier molecular flexibility index (Phi) is 3.76. The maximum Gasteiger partial charge on any atom is 0.137 e. The quantitative estimate of drug-likeness (QED) is 0.699. The van der Waals surface area contributed by atoms with E-state index in [1.54, 1.807) is 18.2 Å². The van der Waals surface area contributed by atoms with Gasteiger partial charge < -0.3 is 0 Å². The third-order valence-electron chi connectivity index (χ3n) is 1.34. The highest BCUT2D eigenvalue weighted by atomic mass is 79.9. The molecule has 0 spiro atoms. The second kappa shape index (κ2) is 4.63. The minimum Gasteiger partial charge on any atom is -0.206 e. The molecule has 0 aliphatic rings. The summed E-state index contributed by atoms with van der Waals surface area (Å²) in [7, 11) is 0. The van der Waals surface area contributed by atoms with Gasteiger partial charge in [-0.05, 0) is 33.6 Å². The van der Waals surface area contributed by atoms with Crippen molar-refractivity contribution in [3.8, 4) is 0 Å². The van der Waals surface area contributed by atoms with E-state index >= 15 is 0 Å². The number of halogens is 3. The molecule has 3 heteroatoms. The van der Waals surface area contributed by atoms with Crippen LogP contribution in [0.5, 0.6) is 0 Å². The van der Waals surface area contributed by atoms with Crippen LogP contribution in [-0.2, 0) is 0 Å². The van der Waals surface area contributed by atoms with Gasteiger partial charge in [0.15, 0.2) is 0 Å². The molecule has 1 aromatic rings. The van der Waals surface area contributed by atoms with Crippen molar-refractivity contribution in [3.05, 3.63) is 40.1 Å². The molecule has 0 heterocycles. The minimum absolute atomic E-state index is 0.252. The van der Waals surface area contributed by atoms with Gasteiger partial charge in [-0.25, -0.2) is 4.39 Å². The summed E-state index contributed by atoms with van der Waals surface area (Å²) in [6.45, 7) is 0.